The lowest BCUT2D eigenvalue weighted by atomic mass is 10.2. The molecular formula is C13H22ClN3O3S. The van der Waals surface area contributed by atoms with Gasteiger partial charge in [-0.15, -0.1) is 12.4 Å². The monoisotopic (exact) mass is 335 g/mol. The summed E-state index contributed by atoms with van der Waals surface area (Å²) in [5.74, 6) is -0.340. The lowest BCUT2D eigenvalue weighted by molar-refractivity contribution is -0.121. The van der Waals surface area contributed by atoms with Crippen LogP contribution in [0.25, 0.3) is 0 Å². The largest absolute Gasteiger partial charge is 0.355 e. The van der Waals surface area contributed by atoms with E-state index in [4.69, 9.17) is 5.73 Å². The van der Waals surface area contributed by atoms with Gasteiger partial charge in [-0.25, -0.2) is 8.42 Å². The van der Waals surface area contributed by atoms with Crippen LogP contribution in [0.5, 0.6) is 0 Å². The summed E-state index contributed by atoms with van der Waals surface area (Å²) in [5, 5.41) is 2.64. The highest BCUT2D eigenvalue weighted by molar-refractivity contribution is 7.89. The summed E-state index contributed by atoms with van der Waals surface area (Å²) in [6.07, 6.45) is 0.654. The number of nitrogens with two attached hydrogens (primary N) is 1. The third kappa shape index (κ3) is 6.43. The maximum Gasteiger partial charge on any atom is 0.243 e. The second-order valence-corrected chi connectivity index (χ2v) is 6.73. The van der Waals surface area contributed by atoms with Gasteiger partial charge in [0.1, 0.15) is 0 Å². The summed E-state index contributed by atoms with van der Waals surface area (Å²) in [6.45, 7) is 2.07. The minimum atomic E-state index is -3.63. The van der Waals surface area contributed by atoms with Gasteiger partial charge in [0.25, 0.3) is 0 Å². The number of halogens is 1. The van der Waals surface area contributed by atoms with E-state index in [0.717, 1.165) is 4.31 Å². The Kier molecular flexibility index (Phi) is 8.50. The van der Waals surface area contributed by atoms with Crippen LogP contribution in [0.1, 0.15) is 13.3 Å². The standard InChI is InChI=1S/C13H21N3O3S.ClH/c1-11(14)8-9-15-13(17)10-16(2)20(18,19)12-6-4-3-5-7-12;/h3-7,11H,8-10,14H2,1-2H3,(H,15,17);1H. The molecule has 0 saturated heterocycles. The van der Waals surface area contributed by atoms with Crippen LogP contribution >= 0.6 is 12.4 Å². The Morgan fingerprint density at radius 1 is 1.33 bits per heavy atom. The van der Waals surface area contributed by atoms with Crippen LogP contribution < -0.4 is 11.1 Å². The molecule has 0 bridgehead atoms. The number of carbonyl (C=O) groups is 1. The summed E-state index contributed by atoms with van der Waals surface area (Å²) in [5.41, 5.74) is 5.57. The smallest absolute Gasteiger partial charge is 0.243 e. The highest BCUT2D eigenvalue weighted by Crippen LogP contribution is 2.12. The molecule has 3 N–H and O–H groups in total. The first kappa shape index (κ1) is 19.9. The average molecular weight is 336 g/mol. The van der Waals surface area contributed by atoms with Crippen molar-refractivity contribution < 1.29 is 13.2 Å². The van der Waals surface area contributed by atoms with E-state index in [1.165, 1.54) is 19.2 Å². The molecule has 120 valence electrons. The summed E-state index contributed by atoms with van der Waals surface area (Å²) in [6, 6.07) is 8.02. The zero-order valence-corrected chi connectivity index (χ0v) is 13.8. The van der Waals surface area contributed by atoms with Gasteiger partial charge in [-0.3, -0.25) is 4.79 Å². The van der Waals surface area contributed by atoms with Crippen molar-refractivity contribution in [2.45, 2.75) is 24.3 Å². The van der Waals surface area contributed by atoms with Crippen LogP contribution in [0.4, 0.5) is 0 Å². The van der Waals surface area contributed by atoms with E-state index in [1.807, 2.05) is 6.92 Å². The predicted molar refractivity (Wildman–Crippen MR) is 84.8 cm³/mol. The van der Waals surface area contributed by atoms with Crippen molar-refractivity contribution in [1.29, 1.82) is 0 Å². The Balaban J connectivity index is 0.00000400. The van der Waals surface area contributed by atoms with E-state index in [-0.39, 0.29) is 35.8 Å². The Hall–Kier alpha value is -1.15. The number of likely N-dealkylation sites (N-methyl/N-ethyl adjacent to an activating group) is 1. The van der Waals surface area contributed by atoms with Crippen molar-refractivity contribution in [2.75, 3.05) is 20.1 Å². The molecule has 0 radical (unpaired) electrons. The fraction of sp³-hybridized carbons (Fsp3) is 0.462. The third-order valence-electron chi connectivity index (χ3n) is 2.74. The maximum absolute atomic E-state index is 12.2. The number of amides is 1. The van der Waals surface area contributed by atoms with Crippen LogP contribution in [0.3, 0.4) is 0 Å². The van der Waals surface area contributed by atoms with Gasteiger partial charge in [-0.05, 0) is 25.5 Å². The lowest BCUT2D eigenvalue weighted by Gasteiger charge is -2.17. The normalized spacial score (nSPS) is 12.6. The van der Waals surface area contributed by atoms with Crippen LogP contribution in [0, 0.1) is 0 Å². The first-order valence-corrected chi connectivity index (χ1v) is 7.81. The maximum atomic E-state index is 12.2. The van der Waals surface area contributed by atoms with Crippen molar-refractivity contribution in [2.24, 2.45) is 5.73 Å². The summed E-state index contributed by atoms with van der Waals surface area (Å²) in [4.78, 5) is 11.8. The van der Waals surface area contributed by atoms with E-state index in [9.17, 15) is 13.2 Å². The van der Waals surface area contributed by atoms with E-state index in [1.54, 1.807) is 18.2 Å². The lowest BCUT2D eigenvalue weighted by Crippen LogP contribution is -2.39. The molecule has 1 amide bonds. The van der Waals surface area contributed by atoms with Crippen LogP contribution in [-0.2, 0) is 14.8 Å². The molecule has 6 nitrogen and oxygen atoms in total. The Morgan fingerprint density at radius 3 is 2.43 bits per heavy atom. The molecule has 1 atom stereocenters. The first-order chi connectivity index (χ1) is 9.34. The molecule has 1 aromatic carbocycles. The van der Waals surface area contributed by atoms with Gasteiger partial charge < -0.3 is 11.1 Å². The predicted octanol–water partition coefficient (Wildman–Crippen LogP) is 0.582. The quantitative estimate of drug-likeness (QED) is 0.762. The molecule has 21 heavy (non-hydrogen) atoms. The minimum absolute atomic E-state index is 0. The Bertz CT molecular complexity index is 535. The minimum Gasteiger partial charge on any atom is -0.355 e. The van der Waals surface area contributed by atoms with Gasteiger partial charge in [-0.1, -0.05) is 18.2 Å². The van der Waals surface area contributed by atoms with Gasteiger partial charge in [0.2, 0.25) is 15.9 Å². The van der Waals surface area contributed by atoms with Crippen molar-refractivity contribution in [3.05, 3.63) is 30.3 Å². The molecule has 0 spiro atoms. The molecule has 1 rings (SSSR count). The molecule has 0 saturated carbocycles. The van der Waals surface area contributed by atoms with Crippen LogP contribution in [0.2, 0.25) is 0 Å². The number of nitrogens with zero attached hydrogens (tertiary/aromatic N) is 1. The van der Waals surface area contributed by atoms with Crippen LogP contribution in [-0.4, -0.2) is 44.8 Å². The van der Waals surface area contributed by atoms with Gasteiger partial charge in [0.15, 0.2) is 0 Å². The highest BCUT2D eigenvalue weighted by atomic mass is 35.5. The molecule has 0 aromatic heterocycles. The van der Waals surface area contributed by atoms with E-state index in [0.29, 0.717) is 13.0 Å². The Labute approximate surface area is 132 Å². The van der Waals surface area contributed by atoms with Crippen molar-refractivity contribution in [3.63, 3.8) is 0 Å². The topological polar surface area (TPSA) is 92.5 Å². The van der Waals surface area contributed by atoms with Crippen molar-refractivity contribution >= 4 is 28.3 Å². The molecule has 0 aliphatic rings. The number of nitrogens with one attached hydrogen (secondary N) is 1. The second-order valence-electron chi connectivity index (χ2n) is 4.69. The fourth-order valence-corrected chi connectivity index (χ4v) is 2.70. The molecule has 8 heteroatoms. The summed E-state index contributed by atoms with van der Waals surface area (Å²) >= 11 is 0. The van der Waals surface area contributed by atoms with E-state index in [2.05, 4.69) is 5.32 Å². The number of rotatable bonds is 7. The van der Waals surface area contributed by atoms with Crippen molar-refractivity contribution in [1.82, 2.24) is 9.62 Å². The van der Waals surface area contributed by atoms with Gasteiger partial charge >= 0.3 is 0 Å². The molecule has 0 aliphatic heterocycles. The number of benzene rings is 1. The molecule has 1 aromatic rings. The zero-order chi connectivity index (χ0) is 15.2. The first-order valence-electron chi connectivity index (χ1n) is 6.37. The number of carbonyl (C=O) groups excluding carboxylic acids is 1. The zero-order valence-electron chi connectivity index (χ0n) is 12.2. The third-order valence-corrected chi connectivity index (χ3v) is 4.56. The molecule has 0 aliphatic carbocycles. The van der Waals surface area contributed by atoms with Gasteiger partial charge in [0, 0.05) is 19.6 Å². The summed E-state index contributed by atoms with van der Waals surface area (Å²) < 4.78 is 25.4. The van der Waals surface area contributed by atoms with E-state index >= 15 is 0 Å². The molecule has 0 fully saturated rings. The molecular weight excluding hydrogens is 314 g/mol. The van der Waals surface area contributed by atoms with Gasteiger partial charge in [0.05, 0.1) is 11.4 Å². The average Bonchev–Trinajstić information content (AvgIpc) is 2.39. The number of hydrogen-bond donors (Lipinski definition) is 2. The number of hydrogen-bond acceptors (Lipinski definition) is 4. The van der Waals surface area contributed by atoms with Gasteiger partial charge in [-0.2, -0.15) is 4.31 Å². The number of sulfonamides is 1. The fourth-order valence-electron chi connectivity index (χ4n) is 1.55. The highest BCUT2D eigenvalue weighted by Gasteiger charge is 2.22. The Morgan fingerprint density at radius 2 is 1.90 bits per heavy atom. The van der Waals surface area contributed by atoms with E-state index < -0.39 is 10.0 Å². The van der Waals surface area contributed by atoms with Crippen molar-refractivity contribution in [3.8, 4) is 0 Å². The SMILES string of the molecule is CC(N)CCNC(=O)CN(C)S(=O)(=O)c1ccccc1.Cl. The van der Waals surface area contributed by atoms with Crippen LogP contribution in [0.15, 0.2) is 35.2 Å². The molecule has 0 heterocycles. The second kappa shape index (κ2) is 8.99. The molecule has 1 unspecified atom stereocenters. The summed E-state index contributed by atoms with van der Waals surface area (Å²) in [7, 11) is -2.25.